The highest BCUT2D eigenvalue weighted by molar-refractivity contribution is 7.91. The number of rotatable bonds is 7. The van der Waals surface area contributed by atoms with Crippen LogP contribution in [-0.2, 0) is 9.84 Å². The Morgan fingerprint density at radius 1 is 1.08 bits per heavy atom. The quantitative estimate of drug-likeness (QED) is 0.578. The van der Waals surface area contributed by atoms with Gasteiger partial charge in [-0.25, -0.2) is 8.42 Å². The van der Waals surface area contributed by atoms with E-state index in [1.54, 1.807) is 0 Å². The van der Waals surface area contributed by atoms with Crippen LogP contribution in [-0.4, -0.2) is 19.9 Å². The highest BCUT2D eigenvalue weighted by Gasteiger charge is 2.07. The van der Waals surface area contributed by atoms with Gasteiger partial charge in [0.25, 0.3) is 0 Å². The molecule has 0 aliphatic carbocycles. The average molecular weight is 191 g/mol. The smallest absolute Gasteiger partial charge is 0.150 e. The molecule has 0 rings (SSSR count). The van der Waals surface area contributed by atoms with E-state index in [4.69, 9.17) is 0 Å². The second-order valence-corrected chi connectivity index (χ2v) is 5.37. The monoisotopic (exact) mass is 191 g/mol. The molecule has 0 aromatic rings. The van der Waals surface area contributed by atoms with Gasteiger partial charge in [-0.3, -0.25) is 0 Å². The third-order valence-electron chi connectivity index (χ3n) is 1.72. The van der Waals surface area contributed by atoms with Crippen LogP contribution in [0.2, 0.25) is 0 Å². The van der Waals surface area contributed by atoms with E-state index in [2.05, 4.69) is 6.92 Å². The van der Waals surface area contributed by atoms with Gasteiger partial charge in [0.05, 0.1) is 5.75 Å². The molecule has 0 N–H and O–H groups in total. The third kappa shape index (κ3) is 6.65. The average Bonchev–Trinajstić information content (AvgIpc) is 1.98. The van der Waals surface area contributed by atoms with E-state index in [-0.39, 0.29) is 0 Å². The molecular formula is C9H19O2S. The molecule has 0 bridgehead atoms. The molecule has 73 valence electrons. The van der Waals surface area contributed by atoms with Crippen molar-refractivity contribution < 1.29 is 8.42 Å². The summed E-state index contributed by atoms with van der Waals surface area (Å²) in [5.41, 5.74) is 0. The minimum absolute atomic E-state index is 0.345. The maximum Gasteiger partial charge on any atom is 0.150 e. The van der Waals surface area contributed by atoms with Crippen molar-refractivity contribution in [2.45, 2.75) is 39.0 Å². The van der Waals surface area contributed by atoms with Gasteiger partial charge in [0.2, 0.25) is 0 Å². The first-order chi connectivity index (χ1) is 5.62. The Kier molecular flexibility index (Phi) is 6.44. The largest absolute Gasteiger partial charge is 0.229 e. The van der Waals surface area contributed by atoms with Gasteiger partial charge in [-0.1, -0.05) is 33.1 Å². The van der Waals surface area contributed by atoms with Crippen molar-refractivity contribution in [1.29, 1.82) is 0 Å². The first kappa shape index (κ1) is 11.9. The molecule has 0 saturated heterocycles. The summed E-state index contributed by atoms with van der Waals surface area (Å²) < 4.78 is 22.4. The van der Waals surface area contributed by atoms with Gasteiger partial charge >= 0.3 is 0 Å². The Hall–Kier alpha value is -0.0500. The summed E-state index contributed by atoms with van der Waals surface area (Å²) >= 11 is 0. The van der Waals surface area contributed by atoms with E-state index in [0.29, 0.717) is 11.5 Å². The highest BCUT2D eigenvalue weighted by Crippen LogP contribution is 2.03. The van der Waals surface area contributed by atoms with Crippen LogP contribution in [0.1, 0.15) is 39.0 Å². The lowest BCUT2D eigenvalue weighted by atomic mass is 10.2. The molecule has 12 heavy (non-hydrogen) atoms. The Labute approximate surface area is 76.3 Å². The van der Waals surface area contributed by atoms with Gasteiger partial charge < -0.3 is 0 Å². The fraction of sp³-hybridized carbons (Fsp3) is 0.889. The van der Waals surface area contributed by atoms with Crippen molar-refractivity contribution in [3.8, 4) is 0 Å². The van der Waals surface area contributed by atoms with Gasteiger partial charge in [-0.05, 0) is 12.8 Å². The molecule has 0 aromatic heterocycles. The SMILES string of the molecule is [CH2]CCCCCS(=O)(=O)CCC. The van der Waals surface area contributed by atoms with Gasteiger partial charge in [0, 0.05) is 5.75 Å². The molecular weight excluding hydrogens is 172 g/mol. The maximum atomic E-state index is 11.2. The van der Waals surface area contributed by atoms with Crippen LogP contribution in [0.15, 0.2) is 0 Å². The van der Waals surface area contributed by atoms with Crippen molar-refractivity contribution in [2.75, 3.05) is 11.5 Å². The Morgan fingerprint density at radius 3 is 2.25 bits per heavy atom. The summed E-state index contributed by atoms with van der Waals surface area (Å²) in [6.45, 7) is 5.60. The van der Waals surface area contributed by atoms with Crippen molar-refractivity contribution in [1.82, 2.24) is 0 Å². The van der Waals surface area contributed by atoms with E-state index in [0.717, 1.165) is 32.1 Å². The summed E-state index contributed by atoms with van der Waals surface area (Å²) in [4.78, 5) is 0. The van der Waals surface area contributed by atoms with Gasteiger partial charge in [0.15, 0.2) is 0 Å². The van der Waals surface area contributed by atoms with Gasteiger partial charge in [-0.15, -0.1) is 0 Å². The zero-order chi connectivity index (χ0) is 9.45. The lowest BCUT2D eigenvalue weighted by Gasteiger charge is -2.01. The zero-order valence-electron chi connectivity index (χ0n) is 7.88. The topological polar surface area (TPSA) is 34.1 Å². The molecule has 0 amide bonds. The van der Waals surface area contributed by atoms with Crippen LogP contribution in [0.3, 0.4) is 0 Å². The van der Waals surface area contributed by atoms with E-state index in [1.165, 1.54) is 0 Å². The molecule has 0 fully saturated rings. The summed E-state index contributed by atoms with van der Waals surface area (Å²) in [5, 5.41) is 0. The van der Waals surface area contributed by atoms with Crippen molar-refractivity contribution in [3.05, 3.63) is 6.92 Å². The van der Waals surface area contributed by atoms with Crippen LogP contribution >= 0.6 is 0 Å². The number of sulfone groups is 1. The molecule has 0 aromatic carbocycles. The van der Waals surface area contributed by atoms with E-state index >= 15 is 0 Å². The van der Waals surface area contributed by atoms with Gasteiger partial charge in [-0.2, -0.15) is 0 Å². The Balaban J connectivity index is 3.48. The maximum absolute atomic E-state index is 11.2. The predicted molar refractivity (Wildman–Crippen MR) is 52.8 cm³/mol. The fourth-order valence-electron chi connectivity index (χ4n) is 1.09. The zero-order valence-corrected chi connectivity index (χ0v) is 8.70. The number of hydrogen-bond acceptors (Lipinski definition) is 2. The molecule has 0 aliphatic heterocycles. The Bertz CT molecular complexity index is 183. The molecule has 0 atom stereocenters. The minimum atomic E-state index is -2.73. The Morgan fingerprint density at radius 2 is 1.75 bits per heavy atom. The fourth-order valence-corrected chi connectivity index (χ4v) is 2.56. The highest BCUT2D eigenvalue weighted by atomic mass is 32.2. The molecule has 0 aliphatic rings. The third-order valence-corrected chi connectivity index (χ3v) is 3.66. The van der Waals surface area contributed by atoms with E-state index in [1.807, 2.05) is 6.92 Å². The van der Waals surface area contributed by atoms with Crippen LogP contribution in [0.25, 0.3) is 0 Å². The molecule has 0 heterocycles. The molecule has 2 nitrogen and oxygen atoms in total. The minimum Gasteiger partial charge on any atom is -0.229 e. The van der Waals surface area contributed by atoms with Crippen molar-refractivity contribution in [2.24, 2.45) is 0 Å². The first-order valence-electron chi connectivity index (χ1n) is 4.62. The van der Waals surface area contributed by atoms with Crippen LogP contribution in [0.4, 0.5) is 0 Å². The van der Waals surface area contributed by atoms with Gasteiger partial charge in [0.1, 0.15) is 9.84 Å². The van der Waals surface area contributed by atoms with E-state index in [9.17, 15) is 8.42 Å². The van der Waals surface area contributed by atoms with Crippen LogP contribution in [0, 0.1) is 6.92 Å². The van der Waals surface area contributed by atoms with Crippen molar-refractivity contribution in [3.63, 3.8) is 0 Å². The summed E-state index contributed by atoms with van der Waals surface area (Å²) in [7, 11) is -2.73. The summed E-state index contributed by atoms with van der Waals surface area (Å²) in [6, 6.07) is 0. The molecule has 0 spiro atoms. The van der Waals surface area contributed by atoms with E-state index < -0.39 is 9.84 Å². The lowest BCUT2D eigenvalue weighted by Crippen LogP contribution is -2.10. The van der Waals surface area contributed by atoms with Crippen LogP contribution < -0.4 is 0 Å². The second kappa shape index (κ2) is 6.46. The van der Waals surface area contributed by atoms with Crippen molar-refractivity contribution >= 4 is 9.84 Å². The first-order valence-corrected chi connectivity index (χ1v) is 6.44. The predicted octanol–water partition coefficient (Wildman–Crippen LogP) is 2.21. The lowest BCUT2D eigenvalue weighted by molar-refractivity contribution is 0.588. The summed E-state index contributed by atoms with van der Waals surface area (Å²) in [5.74, 6) is 0.707. The molecule has 1 radical (unpaired) electrons. The summed E-state index contributed by atoms with van der Waals surface area (Å²) in [6.07, 6.45) is 4.48. The molecule has 3 heteroatoms. The molecule has 0 saturated carbocycles. The number of unbranched alkanes of at least 4 members (excludes halogenated alkanes) is 3. The second-order valence-electron chi connectivity index (χ2n) is 3.07. The standard InChI is InChI=1S/C9H19O2S/c1-3-5-6-7-9-12(10,11)8-4-2/h1,3-9H2,2H3. The molecule has 0 unspecified atom stereocenters. The normalized spacial score (nSPS) is 11.8. The van der Waals surface area contributed by atoms with Crippen LogP contribution in [0.5, 0.6) is 0 Å². The number of hydrogen-bond donors (Lipinski definition) is 0.